The lowest BCUT2D eigenvalue weighted by atomic mass is 10.2. The zero-order valence-electron chi connectivity index (χ0n) is 12.1. The Kier molecular flexibility index (Phi) is 7.37. The van der Waals surface area contributed by atoms with Crippen LogP contribution in [0, 0.1) is 0 Å². The third-order valence-electron chi connectivity index (χ3n) is 3.05. The third kappa shape index (κ3) is 4.81. The minimum atomic E-state index is 0. The molecule has 0 amide bonds. The molecule has 0 unspecified atom stereocenters. The Morgan fingerprint density at radius 3 is 2.33 bits per heavy atom. The molecule has 1 N–H and O–H groups in total. The Hall–Kier alpha value is -1.42. The minimum Gasteiger partial charge on any atom is -0.493 e. The second kappa shape index (κ2) is 8.78. The Morgan fingerprint density at radius 2 is 1.67 bits per heavy atom. The highest BCUT2D eigenvalue weighted by Crippen LogP contribution is 2.27. The molecule has 0 spiro atoms. The molecule has 0 aliphatic heterocycles. The van der Waals surface area contributed by atoms with Crippen molar-refractivity contribution in [1.29, 1.82) is 0 Å². The molecule has 2 aromatic carbocycles. The molecular weight excluding hydrogens is 309 g/mol. The van der Waals surface area contributed by atoms with E-state index in [1.165, 1.54) is 0 Å². The van der Waals surface area contributed by atoms with Crippen LogP contribution in [-0.2, 0) is 13.1 Å². The standard InChI is InChI=1S/C16H18ClNO2.ClH/c1-19-15-8-7-12(9-16(15)20-2)10-18-11-13-5-3-4-6-14(13)17;/h3-9,18H,10-11H2,1-2H3;1H. The van der Waals surface area contributed by atoms with Gasteiger partial charge >= 0.3 is 0 Å². The van der Waals surface area contributed by atoms with E-state index in [4.69, 9.17) is 21.1 Å². The van der Waals surface area contributed by atoms with Gasteiger partial charge in [-0.05, 0) is 29.3 Å². The van der Waals surface area contributed by atoms with E-state index in [1.807, 2.05) is 42.5 Å². The maximum atomic E-state index is 6.12. The molecule has 0 aliphatic carbocycles. The van der Waals surface area contributed by atoms with Crippen LogP contribution in [-0.4, -0.2) is 14.2 Å². The summed E-state index contributed by atoms with van der Waals surface area (Å²) in [6, 6.07) is 13.7. The number of benzene rings is 2. The van der Waals surface area contributed by atoms with Gasteiger partial charge in [-0.2, -0.15) is 0 Å². The molecule has 0 radical (unpaired) electrons. The highest BCUT2D eigenvalue weighted by molar-refractivity contribution is 6.31. The van der Waals surface area contributed by atoms with Crippen LogP contribution in [0.3, 0.4) is 0 Å². The van der Waals surface area contributed by atoms with Crippen molar-refractivity contribution in [1.82, 2.24) is 5.32 Å². The van der Waals surface area contributed by atoms with Crippen molar-refractivity contribution in [3.8, 4) is 11.5 Å². The first kappa shape index (κ1) is 17.6. The second-order valence-corrected chi connectivity index (χ2v) is 4.79. The number of ether oxygens (including phenoxy) is 2. The average Bonchev–Trinajstić information content (AvgIpc) is 2.49. The summed E-state index contributed by atoms with van der Waals surface area (Å²) < 4.78 is 10.5. The van der Waals surface area contributed by atoms with Gasteiger partial charge in [-0.3, -0.25) is 0 Å². The first-order chi connectivity index (χ1) is 9.74. The summed E-state index contributed by atoms with van der Waals surface area (Å²) in [5.41, 5.74) is 2.23. The van der Waals surface area contributed by atoms with Crippen LogP contribution in [0.15, 0.2) is 42.5 Å². The van der Waals surface area contributed by atoms with Gasteiger partial charge in [0.05, 0.1) is 14.2 Å². The number of nitrogens with one attached hydrogen (secondary N) is 1. The van der Waals surface area contributed by atoms with Gasteiger partial charge < -0.3 is 14.8 Å². The molecule has 0 saturated carbocycles. The quantitative estimate of drug-likeness (QED) is 0.867. The SMILES string of the molecule is COc1ccc(CNCc2ccccc2Cl)cc1OC.Cl. The second-order valence-electron chi connectivity index (χ2n) is 4.38. The van der Waals surface area contributed by atoms with Crippen molar-refractivity contribution in [2.75, 3.05) is 14.2 Å². The summed E-state index contributed by atoms with van der Waals surface area (Å²) in [6.07, 6.45) is 0. The minimum absolute atomic E-state index is 0. The Balaban J connectivity index is 0.00000220. The summed E-state index contributed by atoms with van der Waals surface area (Å²) in [5, 5.41) is 4.15. The molecule has 0 bridgehead atoms. The van der Waals surface area contributed by atoms with Crippen LogP contribution in [0.4, 0.5) is 0 Å². The van der Waals surface area contributed by atoms with E-state index < -0.39 is 0 Å². The van der Waals surface area contributed by atoms with E-state index in [2.05, 4.69) is 5.32 Å². The Morgan fingerprint density at radius 1 is 0.952 bits per heavy atom. The topological polar surface area (TPSA) is 30.5 Å². The number of rotatable bonds is 6. The van der Waals surface area contributed by atoms with Gasteiger partial charge in [0.2, 0.25) is 0 Å². The van der Waals surface area contributed by atoms with Crippen molar-refractivity contribution in [3.63, 3.8) is 0 Å². The van der Waals surface area contributed by atoms with Gasteiger partial charge in [-0.1, -0.05) is 35.9 Å². The van der Waals surface area contributed by atoms with E-state index in [0.717, 1.165) is 40.7 Å². The molecule has 0 heterocycles. The first-order valence-corrected chi connectivity index (χ1v) is 6.77. The van der Waals surface area contributed by atoms with Gasteiger partial charge in [0.15, 0.2) is 11.5 Å². The van der Waals surface area contributed by atoms with Gasteiger partial charge in [0.25, 0.3) is 0 Å². The van der Waals surface area contributed by atoms with Crippen molar-refractivity contribution in [3.05, 3.63) is 58.6 Å². The molecule has 3 nitrogen and oxygen atoms in total. The molecule has 114 valence electrons. The molecule has 0 fully saturated rings. The van der Waals surface area contributed by atoms with Crippen molar-refractivity contribution in [2.45, 2.75) is 13.1 Å². The fourth-order valence-electron chi connectivity index (χ4n) is 1.97. The van der Waals surface area contributed by atoms with Crippen LogP contribution in [0.2, 0.25) is 5.02 Å². The molecule has 0 saturated heterocycles. The van der Waals surface area contributed by atoms with Gasteiger partial charge in [0, 0.05) is 18.1 Å². The van der Waals surface area contributed by atoms with Crippen molar-refractivity contribution >= 4 is 24.0 Å². The Labute approximate surface area is 136 Å². The maximum absolute atomic E-state index is 6.12. The van der Waals surface area contributed by atoms with Crippen LogP contribution in [0.5, 0.6) is 11.5 Å². The molecule has 0 aliphatic rings. The predicted octanol–water partition coefficient (Wildman–Crippen LogP) is 4.07. The zero-order chi connectivity index (χ0) is 14.4. The normalized spacial score (nSPS) is 9.86. The molecule has 21 heavy (non-hydrogen) atoms. The van der Waals surface area contributed by atoms with E-state index in [0.29, 0.717) is 0 Å². The molecule has 2 rings (SSSR count). The van der Waals surface area contributed by atoms with Gasteiger partial charge in [-0.25, -0.2) is 0 Å². The summed E-state index contributed by atoms with van der Waals surface area (Å²) in [5.74, 6) is 1.48. The largest absolute Gasteiger partial charge is 0.493 e. The summed E-state index contributed by atoms with van der Waals surface area (Å²) >= 11 is 6.12. The van der Waals surface area contributed by atoms with Crippen LogP contribution in [0.1, 0.15) is 11.1 Å². The highest BCUT2D eigenvalue weighted by atomic mass is 35.5. The van der Waals surface area contributed by atoms with E-state index >= 15 is 0 Å². The lowest BCUT2D eigenvalue weighted by molar-refractivity contribution is 0.354. The fourth-order valence-corrected chi connectivity index (χ4v) is 2.18. The van der Waals surface area contributed by atoms with E-state index in [-0.39, 0.29) is 12.4 Å². The molecule has 2 aromatic rings. The van der Waals surface area contributed by atoms with Crippen molar-refractivity contribution < 1.29 is 9.47 Å². The molecular formula is C16H19Cl2NO2. The smallest absolute Gasteiger partial charge is 0.161 e. The van der Waals surface area contributed by atoms with Crippen molar-refractivity contribution in [2.24, 2.45) is 0 Å². The van der Waals surface area contributed by atoms with Crippen LogP contribution >= 0.6 is 24.0 Å². The number of methoxy groups -OCH3 is 2. The lowest BCUT2D eigenvalue weighted by Gasteiger charge is -2.10. The predicted molar refractivity (Wildman–Crippen MR) is 88.8 cm³/mol. The van der Waals surface area contributed by atoms with Gasteiger partial charge in [-0.15, -0.1) is 12.4 Å². The molecule has 0 aromatic heterocycles. The zero-order valence-corrected chi connectivity index (χ0v) is 13.6. The first-order valence-electron chi connectivity index (χ1n) is 6.39. The molecule has 0 atom stereocenters. The highest BCUT2D eigenvalue weighted by Gasteiger charge is 2.04. The monoisotopic (exact) mass is 327 g/mol. The molecule has 5 heteroatoms. The summed E-state index contributed by atoms with van der Waals surface area (Å²) in [4.78, 5) is 0. The van der Waals surface area contributed by atoms with Gasteiger partial charge in [0.1, 0.15) is 0 Å². The number of hydrogen-bond donors (Lipinski definition) is 1. The number of hydrogen-bond acceptors (Lipinski definition) is 3. The van der Waals surface area contributed by atoms with Crippen LogP contribution < -0.4 is 14.8 Å². The van der Waals surface area contributed by atoms with E-state index in [9.17, 15) is 0 Å². The maximum Gasteiger partial charge on any atom is 0.161 e. The lowest BCUT2D eigenvalue weighted by Crippen LogP contribution is -2.13. The number of halogens is 2. The van der Waals surface area contributed by atoms with E-state index in [1.54, 1.807) is 14.2 Å². The third-order valence-corrected chi connectivity index (χ3v) is 3.42. The summed E-state index contributed by atoms with van der Waals surface area (Å²) in [7, 11) is 3.27. The summed E-state index contributed by atoms with van der Waals surface area (Å²) in [6.45, 7) is 1.47. The van der Waals surface area contributed by atoms with Crippen LogP contribution in [0.25, 0.3) is 0 Å². The Bertz CT molecular complexity index is 576. The average molecular weight is 328 g/mol. The fraction of sp³-hybridized carbons (Fsp3) is 0.250.